The Bertz CT molecular complexity index is 588. The van der Waals surface area contributed by atoms with Crippen LogP contribution < -0.4 is 0 Å². The second-order valence-corrected chi connectivity index (χ2v) is 4.11. The van der Waals surface area contributed by atoms with Crippen molar-refractivity contribution in [1.29, 1.82) is 0 Å². The molecule has 2 aromatic carbocycles. The molecule has 19 heavy (non-hydrogen) atoms. The van der Waals surface area contributed by atoms with Gasteiger partial charge in [0.25, 0.3) is 0 Å². The molecule has 0 aliphatic carbocycles. The summed E-state index contributed by atoms with van der Waals surface area (Å²) in [6, 6.07) is 15.6. The van der Waals surface area contributed by atoms with Crippen molar-refractivity contribution in [2.24, 2.45) is 0 Å². The average molecular weight is 254 g/mol. The summed E-state index contributed by atoms with van der Waals surface area (Å²) in [4.78, 5) is 24.3. The van der Waals surface area contributed by atoms with Crippen LogP contribution in [0.3, 0.4) is 0 Å². The highest BCUT2D eigenvalue weighted by molar-refractivity contribution is 6.49. The first kappa shape index (κ1) is 13.2. The first-order valence-corrected chi connectivity index (χ1v) is 5.95. The van der Waals surface area contributed by atoms with Gasteiger partial charge in [0, 0.05) is 18.2 Å². The summed E-state index contributed by atoms with van der Waals surface area (Å²) in [7, 11) is 1.56. The van der Waals surface area contributed by atoms with Crippen molar-refractivity contribution in [2.45, 2.75) is 6.61 Å². The Morgan fingerprint density at radius 3 is 2.21 bits per heavy atom. The molecule has 0 bridgehead atoms. The van der Waals surface area contributed by atoms with Crippen molar-refractivity contribution in [3.05, 3.63) is 71.3 Å². The fourth-order valence-electron chi connectivity index (χ4n) is 1.87. The second-order valence-electron chi connectivity index (χ2n) is 4.11. The topological polar surface area (TPSA) is 43.4 Å². The zero-order chi connectivity index (χ0) is 13.7. The van der Waals surface area contributed by atoms with Crippen LogP contribution >= 0.6 is 0 Å². The van der Waals surface area contributed by atoms with Gasteiger partial charge in [0.1, 0.15) is 0 Å². The highest BCUT2D eigenvalue weighted by Crippen LogP contribution is 2.13. The van der Waals surface area contributed by atoms with Crippen LogP contribution in [0.2, 0.25) is 0 Å². The molecular weight excluding hydrogens is 240 g/mol. The quantitative estimate of drug-likeness (QED) is 0.608. The zero-order valence-electron chi connectivity index (χ0n) is 10.6. The summed E-state index contributed by atoms with van der Waals surface area (Å²) in [5.41, 5.74) is 1.53. The number of carbonyl (C=O) groups is 2. The molecule has 0 N–H and O–H groups in total. The summed E-state index contributed by atoms with van der Waals surface area (Å²) < 4.78 is 5.04. The number of hydrogen-bond donors (Lipinski definition) is 0. The number of benzene rings is 2. The Morgan fingerprint density at radius 2 is 1.53 bits per heavy atom. The van der Waals surface area contributed by atoms with Crippen LogP contribution in [0.5, 0.6) is 0 Å². The summed E-state index contributed by atoms with van der Waals surface area (Å²) in [5.74, 6) is -0.997. The molecular formula is C16H14O3. The fourth-order valence-corrected chi connectivity index (χ4v) is 1.87. The minimum absolute atomic E-state index is 0.310. The van der Waals surface area contributed by atoms with Crippen molar-refractivity contribution in [1.82, 2.24) is 0 Å². The van der Waals surface area contributed by atoms with Gasteiger partial charge in [-0.3, -0.25) is 9.59 Å². The molecule has 3 heteroatoms. The van der Waals surface area contributed by atoms with E-state index in [1.54, 1.807) is 55.6 Å². The van der Waals surface area contributed by atoms with Gasteiger partial charge >= 0.3 is 0 Å². The molecule has 0 spiro atoms. The van der Waals surface area contributed by atoms with E-state index in [4.69, 9.17) is 4.74 Å². The van der Waals surface area contributed by atoms with Crippen LogP contribution in [-0.4, -0.2) is 18.7 Å². The van der Waals surface area contributed by atoms with Gasteiger partial charge < -0.3 is 4.74 Å². The van der Waals surface area contributed by atoms with Crippen molar-refractivity contribution in [3.63, 3.8) is 0 Å². The van der Waals surface area contributed by atoms with Crippen LogP contribution in [-0.2, 0) is 11.3 Å². The average Bonchev–Trinajstić information content (AvgIpc) is 2.47. The molecule has 2 rings (SSSR count). The van der Waals surface area contributed by atoms with Crippen molar-refractivity contribution in [3.8, 4) is 0 Å². The lowest BCUT2D eigenvalue weighted by molar-refractivity contribution is 0.0814. The maximum Gasteiger partial charge on any atom is 0.233 e. The predicted molar refractivity (Wildman–Crippen MR) is 72.3 cm³/mol. The number of methoxy groups -OCH3 is 1. The smallest absolute Gasteiger partial charge is 0.233 e. The lowest BCUT2D eigenvalue weighted by atomic mass is 9.98. The van der Waals surface area contributed by atoms with E-state index in [2.05, 4.69) is 0 Å². The molecule has 0 aromatic heterocycles. The van der Waals surface area contributed by atoms with E-state index in [1.807, 2.05) is 6.07 Å². The molecule has 0 saturated carbocycles. The molecule has 0 aliphatic rings. The fraction of sp³-hybridized carbons (Fsp3) is 0.125. The third kappa shape index (κ3) is 2.95. The molecule has 0 atom stereocenters. The lowest BCUT2D eigenvalue weighted by Gasteiger charge is -2.07. The van der Waals surface area contributed by atoms with E-state index in [0.29, 0.717) is 17.7 Å². The van der Waals surface area contributed by atoms with Gasteiger partial charge in [-0.25, -0.2) is 0 Å². The molecule has 2 aromatic rings. The molecule has 0 unspecified atom stereocenters. The van der Waals surface area contributed by atoms with Gasteiger partial charge in [-0.2, -0.15) is 0 Å². The Balaban J connectivity index is 2.32. The standard InChI is InChI=1S/C16H14O3/c1-19-11-13-9-5-6-10-14(13)16(18)15(17)12-7-3-2-4-8-12/h2-10H,11H2,1H3. The molecule has 0 heterocycles. The SMILES string of the molecule is COCc1ccccc1C(=O)C(=O)c1ccccc1. The second kappa shape index (κ2) is 6.07. The van der Waals surface area contributed by atoms with Gasteiger partial charge in [0.15, 0.2) is 0 Å². The number of ether oxygens (including phenoxy) is 1. The van der Waals surface area contributed by atoms with E-state index >= 15 is 0 Å². The molecule has 0 amide bonds. The zero-order valence-corrected chi connectivity index (χ0v) is 10.6. The van der Waals surface area contributed by atoms with E-state index in [-0.39, 0.29) is 0 Å². The van der Waals surface area contributed by atoms with E-state index < -0.39 is 11.6 Å². The Kier molecular flexibility index (Phi) is 4.21. The van der Waals surface area contributed by atoms with Crippen LogP contribution in [0.4, 0.5) is 0 Å². The third-order valence-corrected chi connectivity index (χ3v) is 2.80. The van der Waals surface area contributed by atoms with Crippen LogP contribution in [0.1, 0.15) is 26.3 Å². The first-order valence-electron chi connectivity index (χ1n) is 5.95. The number of rotatable bonds is 5. The molecule has 3 nitrogen and oxygen atoms in total. The Morgan fingerprint density at radius 1 is 0.895 bits per heavy atom. The molecule has 0 aliphatic heterocycles. The Labute approximate surface area is 111 Å². The minimum Gasteiger partial charge on any atom is -0.380 e. The van der Waals surface area contributed by atoms with Crippen molar-refractivity contribution >= 4 is 11.6 Å². The predicted octanol–water partition coefficient (Wildman–Crippen LogP) is 2.90. The van der Waals surface area contributed by atoms with Crippen molar-refractivity contribution in [2.75, 3.05) is 7.11 Å². The number of hydrogen-bond acceptors (Lipinski definition) is 3. The van der Waals surface area contributed by atoms with E-state index in [0.717, 1.165) is 5.56 Å². The number of ketones is 2. The molecule has 0 fully saturated rings. The number of Topliss-reactive ketones (excluding diaryl/α,β-unsaturated/α-hetero) is 2. The van der Waals surface area contributed by atoms with E-state index in [9.17, 15) is 9.59 Å². The molecule has 0 saturated heterocycles. The largest absolute Gasteiger partial charge is 0.380 e. The normalized spacial score (nSPS) is 10.2. The van der Waals surface area contributed by atoms with Gasteiger partial charge in [0.05, 0.1) is 6.61 Å². The van der Waals surface area contributed by atoms with Gasteiger partial charge in [-0.15, -0.1) is 0 Å². The summed E-state index contributed by atoms with van der Waals surface area (Å²) in [5, 5.41) is 0. The minimum atomic E-state index is -0.501. The third-order valence-electron chi connectivity index (χ3n) is 2.80. The molecule has 96 valence electrons. The van der Waals surface area contributed by atoms with Gasteiger partial charge in [-0.1, -0.05) is 54.6 Å². The Hall–Kier alpha value is -2.26. The number of carbonyl (C=O) groups excluding carboxylic acids is 2. The maximum atomic E-state index is 12.2. The highest BCUT2D eigenvalue weighted by atomic mass is 16.5. The molecule has 0 radical (unpaired) electrons. The van der Waals surface area contributed by atoms with Crippen LogP contribution in [0, 0.1) is 0 Å². The summed E-state index contributed by atoms with van der Waals surface area (Å²) in [6.07, 6.45) is 0. The maximum absolute atomic E-state index is 12.2. The van der Waals surface area contributed by atoms with E-state index in [1.165, 1.54) is 0 Å². The monoisotopic (exact) mass is 254 g/mol. The first-order chi connectivity index (χ1) is 9.24. The van der Waals surface area contributed by atoms with Crippen LogP contribution in [0.15, 0.2) is 54.6 Å². The lowest BCUT2D eigenvalue weighted by Crippen LogP contribution is -2.16. The van der Waals surface area contributed by atoms with Gasteiger partial charge in [0.2, 0.25) is 11.6 Å². The van der Waals surface area contributed by atoms with Gasteiger partial charge in [-0.05, 0) is 5.56 Å². The van der Waals surface area contributed by atoms with Crippen LogP contribution in [0.25, 0.3) is 0 Å². The highest BCUT2D eigenvalue weighted by Gasteiger charge is 2.20. The summed E-state index contributed by atoms with van der Waals surface area (Å²) in [6.45, 7) is 0.310. The summed E-state index contributed by atoms with van der Waals surface area (Å²) >= 11 is 0. The van der Waals surface area contributed by atoms with Crippen molar-refractivity contribution < 1.29 is 14.3 Å².